The molecule has 2 fully saturated rings. The summed E-state index contributed by atoms with van der Waals surface area (Å²) in [6, 6.07) is 7.77. The molecule has 0 radical (unpaired) electrons. The highest BCUT2D eigenvalue weighted by Gasteiger charge is 2.47. The molecule has 2 atom stereocenters. The van der Waals surface area contributed by atoms with Gasteiger partial charge in [-0.05, 0) is 26.3 Å². The molecular weight excluding hydrogens is 306 g/mol. The van der Waals surface area contributed by atoms with E-state index in [1.807, 2.05) is 43.0 Å². The van der Waals surface area contributed by atoms with Crippen molar-refractivity contribution in [1.29, 1.82) is 0 Å². The fraction of sp³-hybridized carbons (Fsp3) is 0.526. The Balaban J connectivity index is 1.52. The van der Waals surface area contributed by atoms with Gasteiger partial charge in [-0.2, -0.15) is 0 Å². The number of furan rings is 1. The molecule has 0 unspecified atom stereocenters. The first-order chi connectivity index (χ1) is 11.6. The van der Waals surface area contributed by atoms with Gasteiger partial charge >= 0.3 is 0 Å². The van der Waals surface area contributed by atoms with Crippen LogP contribution in [0, 0.1) is 6.92 Å². The van der Waals surface area contributed by atoms with Crippen molar-refractivity contribution in [2.45, 2.75) is 38.4 Å². The average Bonchev–Trinajstić information content (AvgIpc) is 3.27. The van der Waals surface area contributed by atoms with Gasteiger partial charge in [0.15, 0.2) is 5.76 Å². The second-order valence-electron chi connectivity index (χ2n) is 6.80. The first kappa shape index (κ1) is 15.7. The molecular formula is C19H23NO4. The minimum absolute atomic E-state index is 0.0379. The van der Waals surface area contributed by atoms with Crippen LogP contribution in [0.1, 0.15) is 35.9 Å². The summed E-state index contributed by atoms with van der Waals surface area (Å²) in [5.74, 6) is 0.414. The van der Waals surface area contributed by atoms with Gasteiger partial charge in [0, 0.05) is 30.5 Å². The first-order valence-corrected chi connectivity index (χ1v) is 8.65. The lowest BCUT2D eigenvalue weighted by Crippen LogP contribution is -2.36. The molecule has 2 saturated heterocycles. The quantitative estimate of drug-likeness (QED) is 0.868. The molecule has 0 saturated carbocycles. The summed E-state index contributed by atoms with van der Waals surface area (Å²) in [7, 11) is 0. The molecule has 3 heterocycles. The fourth-order valence-electron chi connectivity index (χ4n) is 3.97. The number of likely N-dealkylation sites (tertiary alicyclic amines) is 1. The van der Waals surface area contributed by atoms with Crippen LogP contribution in [0.15, 0.2) is 28.7 Å². The van der Waals surface area contributed by atoms with Crippen molar-refractivity contribution in [2.24, 2.45) is 0 Å². The number of rotatable bonds is 3. The zero-order chi connectivity index (χ0) is 16.7. The van der Waals surface area contributed by atoms with E-state index in [9.17, 15) is 4.79 Å². The predicted octanol–water partition coefficient (Wildman–Crippen LogP) is 3.15. The SMILES string of the molecule is CCO[C@H]1CO[C@@]2(CCN(C(=O)c3oc4ccccc4c3C)C2)C1. The standard InChI is InChI=1S/C19H23NO4/c1-3-22-14-10-19(23-11-14)8-9-20(12-19)18(21)17-13(2)15-6-4-5-7-16(15)24-17/h4-7,14H,3,8-12H2,1-2H3/t14-,19+/m1/s1. The predicted molar refractivity (Wildman–Crippen MR) is 90.2 cm³/mol. The number of hydrogen-bond donors (Lipinski definition) is 0. The highest BCUT2D eigenvalue weighted by Crippen LogP contribution is 2.37. The summed E-state index contributed by atoms with van der Waals surface area (Å²) in [6.45, 7) is 6.59. The maximum atomic E-state index is 12.9. The van der Waals surface area contributed by atoms with E-state index in [1.165, 1.54) is 0 Å². The Kier molecular flexibility index (Phi) is 3.85. The van der Waals surface area contributed by atoms with Crippen LogP contribution in [-0.2, 0) is 9.47 Å². The molecule has 1 aromatic heterocycles. The third kappa shape index (κ3) is 2.52. The van der Waals surface area contributed by atoms with Crippen LogP contribution in [0.3, 0.4) is 0 Å². The Morgan fingerprint density at radius 3 is 3.04 bits per heavy atom. The number of nitrogens with zero attached hydrogens (tertiary/aromatic N) is 1. The maximum Gasteiger partial charge on any atom is 0.289 e. The molecule has 2 aromatic rings. The minimum atomic E-state index is -0.241. The molecule has 1 aromatic carbocycles. The lowest BCUT2D eigenvalue weighted by Gasteiger charge is -2.23. The first-order valence-electron chi connectivity index (χ1n) is 8.65. The van der Waals surface area contributed by atoms with Crippen molar-refractivity contribution in [3.63, 3.8) is 0 Å². The normalized spacial score (nSPS) is 26.8. The molecule has 128 valence electrons. The summed E-state index contributed by atoms with van der Waals surface area (Å²) in [5, 5.41) is 1.00. The zero-order valence-corrected chi connectivity index (χ0v) is 14.2. The molecule has 2 aliphatic heterocycles. The van der Waals surface area contributed by atoms with Crippen LogP contribution < -0.4 is 0 Å². The molecule has 1 spiro atoms. The van der Waals surface area contributed by atoms with E-state index in [1.54, 1.807) is 0 Å². The molecule has 24 heavy (non-hydrogen) atoms. The van der Waals surface area contributed by atoms with Gasteiger partial charge in [0.2, 0.25) is 0 Å². The summed E-state index contributed by atoms with van der Waals surface area (Å²) in [5.41, 5.74) is 1.44. The minimum Gasteiger partial charge on any atom is -0.451 e. The number of para-hydroxylation sites is 1. The summed E-state index contributed by atoms with van der Waals surface area (Å²) < 4.78 is 17.5. The molecule has 1 amide bonds. The van der Waals surface area contributed by atoms with Crippen molar-refractivity contribution >= 4 is 16.9 Å². The Hall–Kier alpha value is -1.85. The average molecular weight is 329 g/mol. The van der Waals surface area contributed by atoms with Crippen LogP contribution in [-0.4, -0.2) is 48.8 Å². The van der Waals surface area contributed by atoms with Gasteiger partial charge in [0.25, 0.3) is 5.91 Å². The maximum absolute atomic E-state index is 12.9. The Morgan fingerprint density at radius 1 is 1.42 bits per heavy atom. The van der Waals surface area contributed by atoms with E-state index < -0.39 is 0 Å². The number of aryl methyl sites for hydroxylation is 1. The van der Waals surface area contributed by atoms with Gasteiger partial charge in [-0.25, -0.2) is 0 Å². The van der Waals surface area contributed by atoms with Crippen molar-refractivity contribution in [1.82, 2.24) is 4.90 Å². The van der Waals surface area contributed by atoms with Crippen LogP contribution >= 0.6 is 0 Å². The molecule has 5 nitrogen and oxygen atoms in total. The molecule has 4 rings (SSSR count). The zero-order valence-electron chi connectivity index (χ0n) is 14.2. The van der Waals surface area contributed by atoms with Crippen molar-refractivity contribution in [3.8, 4) is 0 Å². The van der Waals surface area contributed by atoms with E-state index in [4.69, 9.17) is 13.9 Å². The number of amides is 1. The van der Waals surface area contributed by atoms with E-state index >= 15 is 0 Å². The van der Waals surface area contributed by atoms with E-state index in [0.717, 1.165) is 29.4 Å². The third-order valence-corrected chi connectivity index (χ3v) is 5.22. The number of fused-ring (bicyclic) bond motifs is 1. The topological polar surface area (TPSA) is 51.9 Å². The van der Waals surface area contributed by atoms with Gasteiger partial charge < -0.3 is 18.8 Å². The highest BCUT2D eigenvalue weighted by atomic mass is 16.6. The van der Waals surface area contributed by atoms with Crippen LogP contribution in [0.2, 0.25) is 0 Å². The lowest BCUT2D eigenvalue weighted by atomic mass is 9.98. The monoisotopic (exact) mass is 329 g/mol. The molecule has 0 N–H and O–H groups in total. The van der Waals surface area contributed by atoms with E-state index in [2.05, 4.69) is 0 Å². The van der Waals surface area contributed by atoms with Crippen molar-refractivity contribution < 1.29 is 18.7 Å². The fourth-order valence-corrected chi connectivity index (χ4v) is 3.97. The number of ether oxygens (including phenoxy) is 2. The Labute approximate surface area is 141 Å². The smallest absolute Gasteiger partial charge is 0.289 e. The van der Waals surface area contributed by atoms with Gasteiger partial charge in [-0.1, -0.05) is 18.2 Å². The van der Waals surface area contributed by atoms with Gasteiger partial charge in [0.05, 0.1) is 24.9 Å². The molecule has 0 aliphatic carbocycles. The van der Waals surface area contributed by atoms with Crippen molar-refractivity contribution in [2.75, 3.05) is 26.3 Å². The summed E-state index contributed by atoms with van der Waals surface area (Å²) in [4.78, 5) is 14.8. The van der Waals surface area contributed by atoms with Crippen LogP contribution in [0.25, 0.3) is 11.0 Å². The number of hydrogen-bond acceptors (Lipinski definition) is 4. The Bertz CT molecular complexity index is 768. The third-order valence-electron chi connectivity index (χ3n) is 5.22. The van der Waals surface area contributed by atoms with Gasteiger partial charge in [-0.15, -0.1) is 0 Å². The molecule has 0 bridgehead atoms. The number of benzene rings is 1. The second-order valence-corrected chi connectivity index (χ2v) is 6.80. The van der Waals surface area contributed by atoms with Gasteiger partial charge in [0.1, 0.15) is 5.58 Å². The summed E-state index contributed by atoms with van der Waals surface area (Å²) in [6.07, 6.45) is 1.88. The molecule has 2 aliphatic rings. The van der Waals surface area contributed by atoms with Crippen LogP contribution in [0.4, 0.5) is 0 Å². The number of carbonyl (C=O) groups is 1. The Morgan fingerprint density at radius 2 is 2.25 bits per heavy atom. The number of carbonyl (C=O) groups excluding carboxylic acids is 1. The second kappa shape index (κ2) is 5.90. The van der Waals surface area contributed by atoms with Crippen LogP contribution in [0.5, 0.6) is 0 Å². The van der Waals surface area contributed by atoms with E-state index in [-0.39, 0.29) is 17.6 Å². The highest BCUT2D eigenvalue weighted by molar-refractivity contribution is 5.99. The van der Waals surface area contributed by atoms with Crippen molar-refractivity contribution in [3.05, 3.63) is 35.6 Å². The lowest BCUT2D eigenvalue weighted by molar-refractivity contribution is 0.00370. The largest absolute Gasteiger partial charge is 0.451 e. The van der Waals surface area contributed by atoms with Gasteiger partial charge in [-0.3, -0.25) is 4.79 Å². The van der Waals surface area contributed by atoms with E-state index in [0.29, 0.717) is 32.1 Å². The molecule has 5 heteroatoms. The summed E-state index contributed by atoms with van der Waals surface area (Å²) >= 11 is 0.